The van der Waals surface area contributed by atoms with Crippen molar-refractivity contribution in [2.75, 3.05) is 5.32 Å². The van der Waals surface area contributed by atoms with Gasteiger partial charge >= 0.3 is 0 Å². The maximum atomic E-state index is 12.1. The number of benzene rings is 1. The second-order valence-corrected chi connectivity index (χ2v) is 6.85. The topological polar surface area (TPSA) is 42.0 Å². The van der Waals surface area contributed by atoms with E-state index in [2.05, 4.69) is 10.3 Å². The number of thioether (sulfide) groups is 1. The summed E-state index contributed by atoms with van der Waals surface area (Å²) in [5.74, 6) is 0.278. The second kappa shape index (κ2) is 7.36. The van der Waals surface area contributed by atoms with Crippen molar-refractivity contribution in [3.8, 4) is 0 Å². The molecule has 1 aromatic carbocycles. The monoisotopic (exact) mass is 360 g/mol. The van der Waals surface area contributed by atoms with Crippen LogP contribution in [0.4, 0.5) is 5.82 Å². The van der Waals surface area contributed by atoms with Crippen molar-refractivity contribution in [2.24, 2.45) is 0 Å². The van der Waals surface area contributed by atoms with Gasteiger partial charge in [0.15, 0.2) is 0 Å². The van der Waals surface area contributed by atoms with E-state index in [9.17, 15) is 4.79 Å². The van der Waals surface area contributed by atoms with Crippen LogP contribution in [0.1, 0.15) is 6.92 Å². The van der Waals surface area contributed by atoms with Gasteiger partial charge in [-0.15, -0.1) is 11.8 Å². The lowest BCUT2D eigenvalue weighted by Gasteiger charge is -2.12. The Morgan fingerprint density at radius 1 is 1.19 bits per heavy atom. The maximum absolute atomic E-state index is 12.1. The number of anilines is 1. The van der Waals surface area contributed by atoms with Crippen LogP contribution in [0, 0.1) is 0 Å². The first-order valence-electron chi connectivity index (χ1n) is 6.00. The molecule has 1 aromatic heterocycles. The van der Waals surface area contributed by atoms with Gasteiger partial charge in [0.05, 0.1) is 15.3 Å². The number of carbonyl (C=O) groups is 1. The normalized spacial score (nSPS) is 12.0. The first-order valence-corrected chi connectivity index (χ1v) is 8.01. The lowest BCUT2D eigenvalue weighted by atomic mass is 10.4. The van der Waals surface area contributed by atoms with E-state index in [0.717, 1.165) is 4.90 Å². The SMILES string of the molecule is C[C@H](Sc1cc(Cl)ccc1Cl)C(=O)Nc1ccc(Cl)cn1. The second-order valence-electron chi connectivity index (χ2n) is 4.19. The Morgan fingerprint density at radius 3 is 2.57 bits per heavy atom. The molecule has 0 fully saturated rings. The van der Waals surface area contributed by atoms with Crippen molar-refractivity contribution in [3.05, 3.63) is 51.6 Å². The molecule has 2 aromatic rings. The van der Waals surface area contributed by atoms with Crippen molar-refractivity contribution < 1.29 is 4.79 Å². The molecule has 2 rings (SSSR count). The number of amides is 1. The molecule has 0 unspecified atom stereocenters. The molecule has 0 saturated heterocycles. The molecule has 0 spiro atoms. The fourth-order valence-corrected chi connectivity index (χ4v) is 3.01. The number of rotatable bonds is 4. The molecule has 1 heterocycles. The smallest absolute Gasteiger partial charge is 0.238 e. The largest absolute Gasteiger partial charge is 0.310 e. The molecule has 0 aliphatic carbocycles. The average molecular weight is 362 g/mol. The van der Waals surface area contributed by atoms with Gasteiger partial charge in [-0.25, -0.2) is 4.98 Å². The van der Waals surface area contributed by atoms with Crippen molar-refractivity contribution in [1.29, 1.82) is 0 Å². The van der Waals surface area contributed by atoms with Crippen molar-refractivity contribution in [1.82, 2.24) is 4.98 Å². The van der Waals surface area contributed by atoms with Gasteiger partial charge in [-0.05, 0) is 37.3 Å². The van der Waals surface area contributed by atoms with Gasteiger partial charge in [0.2, 0.25) is 5.91 Å². The first-order chi connectivity index (χ1) is 9.95. The summed E-state index contributed by atoms with van der Waals surface area (Å²) in [7, 11) is 0. The number of halogens is 3. The van der Waals surface area contributed by atoms with E-state index < -0.39 is 0 Å². The zero-order chi connectivity index (χ0) is 15.4. The Bertz CT molecular complexity index is 649. The van der Waals surface area contributed by atoms with E-state index in [-0.39, 0.29) is 11.2 Å². The number of carbonyl (C=O) groups excluding carboxylic acids is 1. The molecule has 1 amide bonds. The third-order valence-electron chi connectivity index (χ3n) is 2.54. The summed E-state index contributed by atoms with van der Waals surface area (Å²) in [6.45, 7) is 1.78. The Balaban J connectivity index is 2.02. The molecular formula is C14H11Cl3N2OS. The molecule has 0 radical (unpaired) electrons. The summed E-state index contributed by atoms with van der Waals surface area (Å²) < 4.78 is 0. The third kappa shape index (κ3) is 4.78. The number of pyridine rings is 1. The minimum atomic E-state index is -0.349. The highest BCUT2D eigenvalue weighted by Gasteiger charge is 2.16. The van der Waals surface area contributed by atoms with E-state index >= 15 is 0 Å². The summed E-state index contributed by atoms with van der Waals surface area (Å²) in [5, 5.41) is 4.03. The van der Waals surface area contributed by atoms with E-state index in [4.69, 9.17) is 34.8 Å². The maximum Gasteiger partial charge on any atom is 0.238 e. The first kappa shape index (κ1) is 16.4. The van der Waals surface area contributed by atoms with Gasteiger partial charge in [-0.2, -0.15) is 0 Å². The molecule has 1 atom stereocenters. The quantitative estimate of drug-likeness (QED) is 0.765. The number of nitrogens with one attached hydrogen (secondary N) is 1. The van der Waals surface area contributed by atoms with Gasteiger partial charge in [0.25, 0.3) is 0 Å². The molecule has 7 heteroatoms. The van der Waals surface area contributed by atoms with Gasteiger partial charge in [-0.1, -0.05) is 34.8 Å². The van der Waals surface area contributed by atoms with Crippen LogP contribution >= 0.6 is 46.6 Å². The number of nitrogens with zero attached hydrogens (tertiary/aromatic N) is 1. The summed E-state index contributed by atoms with van der Waals surface area (Å²) >= 11 is 19.1. The Labute approximate surface area is 142 Å². The molecule has 0 bridgehead atoms. The average Bonchev–Trinajstić information content (AvgIpc) is 2.45. The van der Waals surface area contributed by atoms with Crippen LogP contribution in [0.5, 0.6) is 0 Å². The molecule has 21 heavy (non-hydrogen) atoms. The van der Waals surface area contributed by atoms with Gasteiger partial charge in [0.1, 0.15) is 5.82 Å². The highest BCUT2D eigenvalue weighted by molar-refractivity contribution is 8.00. The Morgan fingerprint density at radius 2 is 1.90 bits per heavy atom. The van der Waals surface area contributed by atoms with E-state index in [1.165, 1.54) is 18.0 Å². The predicted molar refractivity (Wildman–Crippen MR) is 89.7 cm³/mol. The molecule has 110 valence electrons. The van der Waals surface area contributed by atoms with Gasteiger partial charge in [-0.3, -0.25) is 4.79 Å². The predicted octanol–water partition coefficient (Wildman–Crippen LogP) is 5.16. The van der Waals surface area contributed by atoms with Gasteiger partial charge < -0.3 is 5.32 Å². The van der Waals surface area contributed by atoms with E-state index in [0.29, 0.717) is 20.9 Å². The van der Waals surface area contributed by atoms with Crippen molar-refractivity contribution in [2.45, 2.75) is 17.1 Å². The zero-order valence-corrected chi connectivity index (χ0v) is 14.0. The zero-order valence-electron chi connectivity index (χ0n) is 10.9. The van der Waals surface area contributed by atoms with Crippen LogP contribution < -0.4 is 5.32 Å². The number of hydrogen-bond donors (Lipinski definition) is 1. The Kier molecular flexibility index (Phi) is 5.76. The van der Waals surface area contributed by atoms with Crippen LogP contribution in [0.15, 0.2) is 41.4 Å². The summed E-state index contributed by atoms with van der Waals surface area (Å²) in [4.78, 5) is 16.9. The molecule has 1 N–H and O–H groups in total. The Hall–Kier alpha value is -0.940. The van der Waals surface area contributed by atoms with Crippen LogP contribution in [0.25, 0.3) is 0 Å². The fraction of sp³-hybridized carbons (Fsp3) is 0.143. The summed E-state index contributed by atoms with van der Waals surface area (Å²) in [6, 6.07) is 8.45. The minimum Gasteiger partial charge on any atom is -0.310 e. The van der Waals surface area contributed by atoms with Crippen LogP contribution in [0.3, 0.4) is 0 Å². The third-order valence-corrected chi connectivity index (χ3v) is 4.60. The van der Waals surface area contributed by atoms with Crippen LogP contribution in [-0.2, 0) is 4.79 Å². The summed E-state index contributed by atoms with van der Waals surface area (Å²) in [5.41, 5.74) is 0. The van der Waals surface area contributed by atoms with Crippen molar-refractivity contribution in [3.63, 3.8) is 0 Å². The summed E-state index contributed by atoms with van der Waals surface area (Å²) in [6.07, 6.45) is 1.48. The molecule has 0 saturated carbocycles. The number of hydrogen-bond acceptors (Lipinski definition) is 3. The lowest BCUT2D eigenvalue weighted by molar-refractivity contribution is -0.115. The standard InChI is InChI=1S/C14H11Cl3N2OS/c1-8(21-12-6-9(15)2-4-11(12)17)14(20)19-13-5-3-10(16)7-18-13/h2-8H,1H3,(H,18,19,20)/t8-/m0/s1. The highest BCUT2D eigenvalue weighted by Crippen LogP contribution is 2.32. The van der Waals surface area contributed by atoms with E-state index in [1.807, 2.05) is 0 Å². The molecular weight excluding hydrogens is 351 g/mol. The number of aromatic nitrogens is 1. The fourth-order valence-electron chi connectivity index (χ4n) is 1.49. The lowest BCUT2D eigenvalue weighted by Crippen LogP contribution is -2.22. The van der Waals surface area contributed by atoms with E-state index in [1.54, 1.807) is 37.3 Å². The van der Waals surface area contributed by atoms with Crippen LogP contribution in [-0.4, -0.2) is 16.1 Å². The minimum absolute atomic E-state index is 0.175. The highest BCUT2D eigenvalue weighted by atomic mass is 35.5. The molecule has 3 nitrogen and oxygen atoms in total. The molecule has 0 aliphatic rings. The van der Waals surface area contributed by atoms with Crippen LogP contribution in [0.2, 0.25) is 15.1 Å². The molecule has 0 aliphatic heterocycles. The van der Waals surface area contributed by atoms with Gasteiger partial charge in [0, 0.05) is 16.1 Å². The van der Waals surface area contributed by atoms with Crippen molar-refractivity contribution >= 4 is 58.3 Å².